The highest BCUT2D eigenvalue weighted by Crippen LogP contribution is 2.18. The monoisotopic (exact) mass is 828 g/mol. The molecule has 0 fully saturated rings. The second-order valence-electron chi connectivity index (χ2n) is 17.2. The van der Waals surface area contributed by atoms with E-state index >= 15 is 0 Å². The summed E-state index contributed by atoms with van der Waals surface area (Å²) in [6.07, 6.45) is 55.9. The van der Waals surface area contributed by atoms with E-state index in [-0.39, 0.29) is 24.9 Å². The lowest BCUT2D eigenvalue weighted by molar-refractivity contribution is -0.151. The van der Waals surface area contributed by atoms with Gasteiger partial charge in [0.05, 0.1) is 25.2 Å². The summed E-state index contributed by atoms with van der Waals surface area (Å²) in [5.74, 6) is -0.502. The molecule has 0 heterocycles. The van der Waals surface area contributed by atoms with E-state index in [9.17, 15) is 19.8 Å². The zero-order chi connectivity index (χ0) is 43.1. The van der Waals surface area contributed by atoms with Crippen LogP contribution in [0.5, 0.6) is 0 Å². The van der Waals surface area contributed by atoms with E-state index in [1.807, 2.05) is 0 Å². The Morgan fingerprint density at radius 1 is 0.508 bits per heavy atom. The first kappa shape index (κ1) is 56.8. The van der Waals surface area contributed by atoms with Gasteiger partial charge in [-0.15, -0.1) is 0 Å². The fourth-order valence-corrected chi connectivity index (χ4v) is 7.60. The molecule has 0 aromatic rings. The third-order valence-electron chi connectivity index (χ3n) is 11.5. The van der Waals surface area contributed by atoms with Gasteiger partial charge in [-0.1, -0.05) is 217 Å². The molecule has 3 atom stereocenters. The predicted molar refractivity (Wildman–Crippen MR) is 255 cm³/mol. The molecule has 59 heavy (non-hydrogen) atoms. The Morgan fingerprint density at radius 3 is 1.44 bits per heavy atom. The van der Waals surface area contributed by atoms with Crippen molar-refractivity contribution in [1.82, 2.24) is 5.32 Å². The molecule has 0 saturated carbocycles. The van der Waals surface area contributed by atoms with E-state index in [2.05, 4.69) is 74.7 Å². The number of amides is 1. The lowest BCUT2D eigenvalue weighted by Crippen LogP contribution is -2.46. The molecule has 0 aromatic carbocycles. The number of allylic oxidation sites excluding steroid dienone is 8. The van der Waals surface area contributed by atoms with Crippen molar-refractivity contribution in [3.63, 3.8) is 0 Å². The van der Waals surface area contributed by atoms with E-state index < -0.39 is 18.2 Å². The standard InChI is InChI=1S/C53H97NO5/c1-4-7-10-13-16-19-22-25-28-30-33-36-39-42-45-51(56)50(48-55)54-52(57)47-49(44-41-38-35-32-29-26-23-20-17-14-11-8-5-2)59-53(58)46-43-40-37-34-31-27-24-21-18-15-12-9-6-3/h9,12,15,18,20-21,23-24,49-51,55-56H,4-8,10-11,13-14,16-17,19,22,25-48H2,1-3H3,(H,54,57)/b12-9+,18-15+,23-20-,24-21-. The Balaban J connectivity index is 4.59. The van der Waals surface area contributed by atoms with Gasteiger partial charge in [-0.25, -0.2) is 0 Å². The van der Waals surface area contributed by atoms with Gasteiger partial charge in [0.15, 0.2) is 0 Å². The van der Waals surface area contributed by atoms with Crippen molar-refractivity contribution >= 4 is 11.9 Å². The minimum Gasteiger partial charge on any atom is -0.462 e. The third kappa shape index (κ3) is 42.3. The Labute approximate surface area is 366 Å². The highest BCUT2D eigenvalue weighted by Gasteiger charge is 2.24. The predicted octanol–water partition coefficient (Wildman–Crippen LogP) is 15.1. The molecule has 3 unspecified atom stereocenters. The minimum atomic E-state index is -0.793. The Kier molecular flexibility index (Phi) is 45.1. The fourth-order valence-electron chi connectivity index (χ4n) is 7.60. The average molecular weight is 828 g/mol. The number of esters is 1. The molecule has 0 aliphatic carbocycles. The van der Waals surface area contributed by atoms with E-state index in [0.29, 0.717) is 19.3 Å². The third-order valence-corrected chi connectivity index (χ3v) is 11.5. The van der Waals surface area contributed by atoms with Gasteiger partial charge in [0.2, 0.25) is 5.91 Å². The summed E-state index contributed by atoms with van der Waals surface area (Å²) >= 11 is 0. The molecule has 0 bridgehead atoms. The topological polar surface area (TPSA) is 95.9 Å². The van der Waals surface area contributed by atoms with Crippen molar-refractivity contribution in [2.45, 2.75) is 270 Å². The molecule has 0 aliphatic heterocycles. The molecule has 0 saturated heterocycles. The summed E-state index contributed by atoms with van der Waals surface area (Å²) in [6, 6.07) is -0.707. The first-order chi connectivity index (χ1) is 29.0. The lowest BCUT2D eigenvalue weighted by atomic mass is 10.0. The Morgan fingerprint density at radius 2 is 0.932 bits per heavy atom. The molecular formula is C53H97NO5. The number of unbranched alkanes of at least 4 members (excludes halogenated alkanes) is 27. The van der Waals surface area contributed by atoms with E-state index in [0.717, 1.165) is 89.9 Å². The van der Waals surface area contributed by atoms with Gasteiger partial charge >= 0.3 is 5.97 Å². The van der Waals surface area contributed by atoms with E-state index in [1.165, 1.54) is 116 Å². The second kappa shape index (κ2) is 46.9. The van der Waals surface area contributed by atoms with Crippen LogP contribution in [0.1, 0.15) is 252 Å². The molecule has 0 aliphatic rings. The molecule has 6 nitrogen and oxygen atoms in total. The van der Waals surface area contributed by atoms with Crippen LogP contribution in [-0.4, -0.2) is 46.9 Å². The van der Waals surface area contributed by atoms with E-state index in [1.54, 1.807) is 0 Å². The van der Waals surface area contributed by atoms with E-state index in [4.69, 9.17) is 4.74 Å². The van der Waals surface area contributed by atoms with Crippen molar-refractivity contribution in [2.75, 3.05) is 6.61 Å². The van der Waals surface area contributed by atoms with Crippen LogP contribution >= 0.6 is 0 Å². The first-order valence-electron chi connectivity index (χ1n) is 25.4. The number of carbonyl (C=O) groups excluding carboxylic acids is 2. The maximum absolute atomic E-state index is 13.2. The smallest absolute Gasteiger partial charge is 0.306 e. The van der Waals surface area contributed by atoms with Gasteiger partial charge in [-0.05, 0) is 70.6 Å². The lowest BCUT2D eigenvalue weighted by Gasteiger charge is -2.24. The van der Waals surface area contributed by atoms with Crippen molar-refractivity contribution in [3.8, 4) is 0 Å². The van der Waals surface area contributed by atoms with Gasteiger partial charge in [-0.3, -0.25) is 9.59 Å². The van der Waals surface area contributed by atoms with Crippen molar-refractivity contribution in [2.24, 2.45) is 0 Å². The first-order valence-corrected chi connectivity index (χ1v) is 25.4. The van der Waals surface area contributed by atoms with Gasteiger partial charge in [-0.2, -0.15) is 0 Å². The largest absolute Gasteiger partial charge is 0.462 e. The number of nitrogens with one attached hydrogen (secondary N) is 1. The SMILES string of the molecule is CC/C=C/C=C/C=C\CCCCCCCC(=O)OC(CCCCCCC/C=C\CCCCCC)CC(=O)NC(CO)C(O)CCCCCCCCCCCCCCCC. The second-order valence-corrected chi connectivity index (χ2v) is 17.2. The van der Waals surface area contributed by atoms with Gasteiger partial charge in [0, 0.05) is 6.42 Å². The molecule has 0 rings (SSSR count). The Hall–Kier alpha value is -2.18. The maximum atomic E-state index is 13.2. The van der Waals surface area contributed by atoms with Crippen molar-refractivity contribution in [1.29, 1.82) is 0 Å². The summed E-state index contributed by atoms with van der Waals surface area (Å²) in [6.45, 7) is 6.34. The number of rotatable bonds is 45. The average Bonchev–Trinajstić information content (AvgIpc) is 3.23. The maximum Gasteiger partial charge on any atom is 0.306 e. The van der Waals surface area contributed by atoms with Crippen molar-refractivity contribution < 1.29 is 24.5 Å². The molecule has 0 radical (unpaired) electrons. The molecule has 6 heteroatoms. The molecule has 0 spiro atoms. The van der Waals surface area contributed by atoms with Crippen LogP contribution in [0.3, 0.4) is 0 Å². The zero-order valence-electron chi connectivity index (χ0n) is 39.1. The number of aliphatic hydroxyl groups is 2. The van der Waals surface area contributed by atoms with Crippen LogP contribution < -0.4 is 5.32 Å². The summed E-state index contributed by atoms with van der Waals surface area (Å²) < 4.78 is 5.91. The fraction of sp³-hybridized carbons (Fsp3) is 0.811. The number of carbonyl (C=O) groups is 2. The molecule has 3 N–H and O–H groups in total. The zero-order valence-corrected chi connectivity index (χ0v) is 39.1. The summed E-state index contributed by atoms with van der Waals surface area (Å²) in [5, 5.41) is 23.8. The number of ether oxygens (including phenoxy) is 1. The van der Waals surface area contributed by atoms with Gasteiger partial charge in [0.25, 0.3) is 0 Å². The summed E-state index contributed by atoms with van der Waals surface area (Å²) in [4.78, 5) is 26.1. The highest BCUT2D eigenvalue weighted by molar-refractivity contribution is 5.77. The molecule has 0 aromatic heterocycles. The van der Waals surface area contributed by atoms with Crippen molar-refractivity contribution in [3.05, 3.63) is 48.6 Å². The quantitative estimate of drug-likeness (QED) is 0.0246. The number of hydrogen-bond donors (Lipinski definition) is 3. The minimum absolute atomic E-state index is 0.0640. The number of aliphatic hydroxyl groups excluding tert-OH is 2. The van der Waals surface area contributed by atoms with Crippen LogP contribution in [0.2, 0.25) is 0 Å². The van der Waals surface area contributed by atoms with Crippen LogP contribution in [0, 0.1) is 0 Å². The van der Waals surface area contributed by atoms with Gasteiger partial charge < -0.3 is 20.3 Å². The highest BCUT2D eigenvalue weighted by atomic mass is 16.5. The Bertz CT molecular complexity index is 1020. The molecule has 344 valence electrons. The molecule has 1 amide bonds. The van der Waals surface area contributed by atoms with Crippen LogP contribution in [0.25, 0.3) is 0 Å². The van der Waals surface area contributed by atoms with Gasteiger partial charge in [0.1, 0.15) is 6.10 Å². The molecular weight excluding hydrogens is 731 g/mol. The summed E-state index contributed by atoms with van der Waals surface area (Å²) in [5.41, 5.74) is 0. The normalized spacial score (nSPS) is 13.6. The number of hydrogen-bond acceptors (Lipinski definition) is 5. The van der Waals surface area contributed by atoms with Crippen LogP contribution in [0.15, 0.2) is 48.6 Å². The van der Waals surface area contributed by atoms with Crippen LogP contribution in [-0.2, 0) is 14.3 Å². The summed E-state index contributed by atoms with van der Waals surface area (Å²) in [7, 11) is 0. The van der Waals surface area contributed by atoms with Crippen LogP contribution in [0.4, 0.5) is 0 Å².